The van der Waals surface area contributed by atoms with Crippen LogP contribution in [0.15, 0.2) is 18.2 Å². The second-order valence-electron chi connectivity index (χ2n) is 6.37. The summed E-state index contributed by atoms with van der Waals surface area (Å²) in [7, 11) is 0. The molecule has 2 aromatic rings. The smallest absolute Gasteiger partial charge is 0.344 e. The zero-order valence-corrected chi connectivity index (χ0v) is 16.7. The SMILES string of the molecule is Cc1ccc(COc2nsc(NC(=O)NCCNC(C)C)c2C(=O)O)c(F)c1. The number of anilines is 1. The molecule has 0 aliphatic rings. The lowest BCUT2D eigenvalue weighted by molar-refractivity contribution is 0.0693. The second kappa shape index (κ2) is 10.00. The molecule has 0 saturated heterocycles. The fraction of sp³-hybridized carbons (Fsp3) is 0.389. The van der Waals surface area contributed by atoms with Crippen LogP contribution in [0.1, 0.15) is 35.3 Å². The van der Waals surface area contributed by atoms with E-state index in [-0.39, 0.29) is 28.6 Å². The van der Waals surface area contributed by atoms with Gasteiger partial charge in [-0.15, -0.1) is 0 Å². The van der Waals surface area contributed by atoms with Crippen LogP contribution in [0.5, 0.6) is 5.88 Å². The average Bonchev–Trinajstić information content (AvgIpc) is 3.00. The molecule has 10 heteroatoms. The highest BCUT2D eigenvalue weighted by Crippen LogP contribution is 2.31. The van der Waals surface area contributed by atoms with Gasteiger partial charge in [0.1, 0.15) is 17.4 Å². The van der Waals surface area contributed by atoms with Crippen molar-refractivity contribution in [2.24, 2.45) is 0 Å². The van der Waals surface area contributed by atoms with Gasteiger partial charge >= 0.3 is 12.0 Å². The predicted octanol–water partition coefficient (Wildman–Crippen LogP) is 2.99. The number of carbonyl (C=O) groups is 2. The number of urea groups is 1. The molecular formula is C18H23FN4O4S. The van der Waals surface area contributed by atoms with Gasteiger partial charge in [-0.1, -0.05) is 26.0 Å². The maximum absolute atomic E-state index is 13.9. The van der Waals surface area contributed by atoms with Crippen molar-refractivity contribution in [1.82, 2.24) is 15.0 Å². The molecule has 152 valence electrons. The lowest BCUT2D eigenvalue weighted by Crippen LogP contribution is -2.36. The summed E-state index contributed by atoms with van der Waals surface area (Å²) in [6.45, 7) is 6.51. The molecule has 0 saturated carbocycles. The minimum Gasteiger partial charge on any atom is -0.477 e. The summed E-state index contributed by atoms with van der Waals surface area (Å²) >= 11 is 0.782. The Morgan fingerprint density at radius 1 is 1.32 bits per heavy atom. The number of nitrogens with zero attached hydrogens (tertiary/aromatic N) is 1. The van der Waals surface area contributed by atoms with Crippen molar-refractivity contribution in [2.45, 2.75) is 33.4 Å². The summed E-state index contributed by atoms with van der Waals surface area (Å²) in [5.41, 5.74) is 0.773. The molecule has 2 rings (SSSR count). The molecular weight excluding hydrogens is 387 g/mol. The largest absolute Gasteiger partial charge is 0.477 e. The van der Waals surface area contributed by atoms with Crippen molar-refractivity contribution in [2.75, 3.05) is 18.4 Å². The number of hydrogen-bond acceptors (Lipinski definition) is 6. The van der Waals surface area contributed by atoms with Crippen molar-refractivity contribution in [1.29, 1.82) is 0 Å². The number of amides is 2. The van der Waals surface area contributed by atoms with Crippen molar-refractivity contribution >= 4 is 28.5 Å². The third-order valence-electron chi connectivity index (χ3n) is 3.64. The van der Waals surface area contributed by atoms with E-state index in [1.165, 1.54) is 6.07 Å². The van der Waals surface area contributed by atoms with E-state index in [0.717, 1.165) is 17.1 Å². The molecule has 0 radical (unpaired) electrons. The molecule has 4 N–H and O–H groups in total. The minimum absolute atomic E-state index is 0.0428. The summed E-state index contributed by atoms with van der Waals surface area (Å²) in [5.74, 6) is -1.92. The van der Waals surface area contributed by atoms with Gasteiger partial charge in [0.15, 0.2) is 5.56 Å². The maximum atomic E-state index is 13.9. The number of nitrogens with one attached hydrogen (secondary N) is 3. The maximum Gasteiger partial charge on any atom is 0.344 e. The molecule has 1 heterocycles. The van der Waals surface area contributed by atoms with Crippen LogP contribution in [0.3, 0.4) is 0 Å². The fourth-order valence-electron chi connectivity index (χ4n) is 2.25. The number of rotatable bonds is 9. The molecule has 0 atom stereocenters. The molecule has 8 nitrogen and oxygen atoms in total. The van der Waals surface area contributed by atoms with Crippen LogP contribution in [0.4, 0.5) is 14.2 Å². The van der Waals surface area contributed by atoms with E-state index in [4.69, 9.17) is 4.74 Å². The summed E-state index contributed by atoms with van der Waals surface area (Å²) in [4.78, 5) is 23.5. The number of carbonyl (C=O) groups excluding carboxylic acids is 1. The molecule has 0 unspecified atom stereocenters. The van der Waals surface area contributed by atoms with E-state index in [1.54, 1.807) is 19.1 Å². The van der Waals surface area contributed by atoms with Gasteiger partial charge < -0.3 is 20.5 Å². The van der Waals surface area contributed by atoms with Crippen LogP contribution < -0.4 is 20.7 Å². The predicted molar refractivity (Wildman–Crippen MR) is 105 cm³/mol. The van der Waals surface area contributed by atoms with E-state index < -0.39 is 17.8 Å². The summed E-state index contributed by atoms with van der Waals surface area (Å²) in [6.07, 6.45) is 0. The summed E-state index contributed by atoms with van der Waals surface area (Å²) < 4.78 is 23.2. The van der Waals surface area contributed by atoms with E-state index in [9.17, 15) is 19.1 Å². The van der Waals surface area contributed by atoms with Crippen LogP contribution in [-0.4, -0.2) is 40.6 Å². The van der Waals surface area contributed by atoms with Crippen molar-refractivity contribution < 1.29 is 23.8 Å². The molecule has 0 spiro atoms. The Morgan fingerprint density at radius 2 is 2.07 bits per heavy atom. The fourth-order valence-corrected chi connectivity index (χ4v) is 2.97. The van der Waals surface area contributed by atoms with Crippen LogP contribution >= 0.6 is 11.5 Å². The first kappa shape index (κ1) is 21.6. The minimum atomic E-state index is -1.30. The highest BCUT2D eigenvalue weighted by atomic mass is 32.1. The quantitative estimate of drug-likeness (QED) is 0.473. The number of carboxylic acids is 1. The van der Waals surface area contributed by atoms with Gasteiger partial charge in [-0.05, 0) is 30.1 Å². The molecule has 0 aliphatic carbocycles. The number of benzene rings is 1. The number of carboxylic acid groups (broad SMARTS) is 1. The first-order chi connectivity index (χ1) is 13.3. The summed E-state index contributed by atoms with van der Waals surface area (Å²) in [6, 6.07) is 4.40. The Morgan fingerprint density at radius 3 is 2.71 bits per heavy atom. The standard InChI is InChI=1S/C18H23FN4O4S/c1-10(2)20-6-7-21-18(26)22-16-14(17(24)25)15(23-28-16)27-9-12-5-4-11(3)8-13(12)19/h4-5,8,10,20H,6-7,9H2,1-3H3,(H,24,25)(H2,21,22,26). The lowest BCUT2D eigenvalue weighted by Gasteiger charge is -2.10. The highest BCUT2D eigenvalue weighted by molar-refractivity contribution is 7.11. The molecule has 28 heavy (non-hydrogen) atoms. The van der Waals surface area contributed by atoms with E-state index in [0.29, 0.717) is 19.1 Å². The topological polar surface area (TPSA) is 113 Å². The average molecular weight is 410 g/mol. The number of aromatic carboxylic acids is 1. The van der Waals surface area contributed by atoms with E-state index >= 15 is 0 Å². The van der Waals surface area contributed by atoms with Gasteiger partial charge in [0.05, 0.1) is 0 Å². The number of hydrogen-bond donors (Lipinski definition) is 4. The zero-order valence-electron chi connectivity index (χ0n) is 15.8. The summed E-state index contributed by atoms with van der Waals surface area (Å²) in [5, 5.41) is 17.7. The third kappa shape index (κ3) is 6.17. The zero-order chi connectivity index (χ0) is 20.7. The van der Waals surface area contributed by atoms with Crippen LogP contribution in [0.25, 0.3) is 0 Å². The molecule has 2 amide bonds. The van der Waals surface area contributed by atoms with Gasteiger partial charge in [-0.25, -0.2) is 14.0 Å². The monoisotopic (exact) mass is 410 g/mol. The molecule has 1 aromatic carbocycles. The third-order valence-corrected chi connectivity index (χ3v) is 4.38. The number of aromatic nitrogens is 1. The Labute approximate surface area is 166 Å². The van der Waals surface area contributed by atoms with Crippen LogP contribution in [0.2, 0.25) is 0 Å². The first-order valence-electron chi connectivity index (χ1n) is 8.67. The number of aryl methyl sites for hydroxylation is 1. The van der Waals surface area contributed by atoms with Crippen molar-refractivity contribution in [3.8, 4) is 5.88 Å². The van der Waals surface area contributed by atoms with Gasteiger partial charge in [-0.2, -0.15) is 4.37 Å². The second-order valence-corrected chi connectivity index (χ2v) is 7.14. The van der Waals surface area contributed by atoms with Gasteiger partial charge in [0.25, 0.3) is 0 Å². The normalized spacial score (nSPS) is 10.8. The highest BCUT2D eigenvalue weighted by Gasteiger charge is 2.23. The lowest BCUT2D eigenvalue weighted by atomic mass is 10.1. The van der Waals surface area contributed by atoms with Gasteiger partial charge in [-0.3, -0.25) is 5.32 Å². The van der Waals surface area contributed by atoms with Crippen molar-refractivity contribution in [3.63, 3.8) is 0 Å². The number of ether oxygens (including phenoxy) is 1. The number of halogens is 1. The molecule has 1 aromatic heterocycles. The first-order valence-corrected chi connectivity index (χ1v) is 9.44. The van der Waals surface area contributed by atoms with Crippen molar-refractivity contribution in [3.05, 3.63) is 40.7 Å². The molecule has 0 aliphatic heterocycles. The molecule has 0 fully saturated rings. The Balaban J connectivity index is 2.00. The molecule has 0 bridgehead atoms. The van der Waals surface area contributed by atoms with E-state index in [1.807, 2.05) is 13.8 Å². The van der Waals surface area contributed by atoms with Gasteiger partial charge in [0, 0.05) is 24.7 Å². The van der Waals surface area contributed by atoms with E-state index in [2.05, 4.69) is 20.3 Å². The van der Waals surface area contributed by atoms with Gasteiger partial charge in [0.2, 0.25) is 5.88 Å². The Kier molecular flexibility index (Phi) is 7.70. The Bertz CT molecular complexity index is 841. The van der Waals surface area contributed by atoms with Crippen LogP contribution in [-0.2, 0) is 6.61 Å². The Hall–Kier alpha value is -2.72. The van der Waals surface area contributed by atoms with Crippen LogP contribution in [0, 0.1) is 12.7 Å².